The fourth-order valence-corrected chi connectivity index (χ4v) is 6.99. The van der Waals surface area contributed by atoms with Gasteiger partial charge in [-0.05, 0) is 80.9 Å². The molecule has 0 amide bonds. The van der Waals surface area contributed by atoms with Crippen molar-refractivity contribution in [3.63, 3.8) is 0 Å². The van der Waals surface area contributed by atoms with Crippen LogP contribution in [-0.2, 0) is 12.8 Å². The molecular weight excluding hydrogens is 883 g/mol. The van der Waals surface area contributed by atoms with E-state index in [-0.39, 0.29) is 0 Å². The third-order valence-electron chi connectivity index (χ3n) is 10.0. The smallest absolute Gasteiger partial charge is 0.245 e. The number of hydrogen-bond donors (Lipinski definition) is 2. The quantitative estimate of drug-likeness (QED) is 0.226. The maximum atomic E-state index is 8.49. The van der Waals surface area contributed by atoms with Crippen molar-refractivity contribution in [2.45, 2.75) is 12.8 Å². The number of nitrogens with zero attached hydrogens (tertiary/aromatic N) is 4. The van der Waals surface area contributed by atoms with Crippen molar-refractivity contribution >= 4 is 68.1 Å². The number of aliphatic imine (C=N–C) groups is 2. The van der Waals surface area contributed by atoms with E-state index in [1.807, 2.05) is 24.8 Å². The molecule has 0 atom stereocenters. The zero-order valence-electron chi connectivity index (χ0n) is 34.9. The van der Waals surface area contributed by atoms with Gasteiger partial charge in [0.2, 0.25) is 11.4 Å². The molecule has 332 valence electrons. The molecule has 0 unspecified atom stereocenters. The van der Waals surface area contributed by atoms with Crippen molar-refractivity contribution in [3.8, 4) is 0 Å². The summed E-state index contributed by atoms with van der Waals surface area (Å²) in [4.78, 5) is 10.3. The minimum Gasteiger partial charge on any atom is -0.354 e. The largest absolute Gasteiger partial charge is 0.354 e. The normalized spacial score (nSPS) is 14.2. The van der Waals surface area contributed by atoms with Gasteiger partial charge < -0.3 is 10.6 Å². The van der Waals surface area contributed by atoms with Crippen LogP contribution in [0.5, 0.6) is 0 Å². The maximum absolute atomic E-state index is 8.49. The Bertz CT molecular complexity index is 2800. The first-order chi connectivity index (χ1) is 31.7. The fourth-order valence-electron chi connectivity index (χ4n) is 6.99. The van der Waals surface area contributed by atoms with Gasteiger partial charge in [-0.15, -0.1) is 20.5 Å². The Labute approximate surface area is 384 Å². The number of benzene rings is 6. The standard InChI is InChI=1S/C50H40N6.2ClHO4/c1-3-11-37(12-4-1)27-39-19-23-55(24-20-39)45-33-51-47-29-41-15-7-9-17-43(41)31-49(47)53-35-46(56-25-21-40(22-26-56)28-38-13-5-2-6-14-38)36-54-50-32-44-18-10-8-16-42(44)30-48(50)52-34-45;2*2-1(3,4)5/h1-26,29-36,51,54H,27-28H2;2*(H,2,3,4,5)/q+2;;/p-2/b45-33+,46-36+,52-34?,53-35?;;. The second-order valence-electron chi connectivity index (χ2n) is 14.7. The number of aromatic nitrogens is 2. The summed E-state index contributed by atoms with van der Waals surface area (Å²) in [5.74, 6) is 0. The predicted molar refractivity (Wildman–Crippen MR) is 232 cm³/mol. The van der Waals surface area contributed by atoms with E-state index in [2.05, 4.69) is 202 Å². The van der Waals surface area contributed by atoms with Crippen LogP contribution in [0.1, 0.15) is 22.3 Å². The van der Waals surface area contributed by atoms with Crippen LogP contribution in [0.4, 0.5) is 22.7 Å². The lowest BCUT2D eigenvalue weighted by atomic mass is 10.1. The third-order valence-corrected chi connectivity index (χ3v) is 10.0. The van der Waals surface area contributed by atoms with Crippen LogP contribution in [-0.4, -0.2) is 12.4 Å². The lowest BCUT2D eigenvalue weighted by Crippen LogP contribution is -2.68. The zero-order chi connectivity index (χ0) is 46.5. The van der Waals surface area contributed by atoms with Gasteiger partial charge in [0.15, 0.2) is 24.8 Å². The summed E-state index contributed by atoms with van der Waals surface area (Å²) in [5.41, 5.74) is 10.1. The van der Waals surface area contributed by atoms with Gasteiger partial charge >= 0.3 is 0 Å². The topological polar surface area (TPSA) is 241 Å². The molecule has 0 fully saturated rings. The molecule has 3 heterocycles. The summed E-state index contributed by atoms with van der Waals surface area (Å²) in [5, 5.41) is 11.7. The highest BCUT2D eigenvalue weighted by Crippen LogP contribution is 2.33. The van der Waals surface area contributed by atoms with Crippen LogP contribution in [0.3, 0.4) is 0 Å². The molecule has 9 rings (SSSR count). The number of allylic oxidation sites excluding steroid dienone is 2. The predicted octanol–water partition coefficient (Wildman–Crippen LogP) is 1.18. The highest BCUT2D eigenvalue weighted by atomic mass is 35.7. The molecule has 2 aromatic heterocycles. The second-order valence-corrected chi connectivity index (χ2v) is 16.2. The molecule has 6 aromatic carbocycles. The van der Waals surface area contributed by atoms with Crippen LogP contribution in [0, 0.1) is 20.5 Å². The number of anilines is 2. The Morgan fingerprint density at radius 1 is 0.379 bits per heavy atom. The van der Waals surface area contributed by atoms with Gasteiger partial charge in [0.25, 0.3) is 0 Å². The van der Waals surface area contributed by atoms with Crippen molar-refractivity contribution in [2.24, 2.45) is 9.98 Å². The first-order valence-corrected chi connectivity index (χ1v) is 22.6. The Morgan fingerprint density at radius 2 is 0.667 bits per heavy atom. The lowest BCUT2D eigenvalue weighted by molar-refractivity contribution is -2.00. The molecule has 8 aromatic rings. The van der Waals surface area contributed by atoms with Crippen LogP contribution in [0.2, 0.25) is 0 Å². The Kier molecular flexibility index (Phi) is 15.4. The summed E-state index contributed by atoms with van der Waals surface area (Å²) in [6, 6.07) is 55.1. The second kappa shape index (κ2) is 21.7. The van der Waals surface area contributed by atoms with Crippen molar-refractivity contribution in [2.75, 3.05) is 10.6 Å². The van der Waals surface area contributed by atoms with Gasteiger partial charge in [-0.1, -0.05) is 109 Å². The van der Waals surface area contributed by atoms with E-state index in [0.29, 0.717) is 0 Å². The summed E-state index contributed by atoms with van der Waals surface area (Å²) < 4.78 is 72.1. The SMILES string of the molecule is C1=Nc2cc3ccccc3cc2N/C=C(/[n+]2ccc(Cc3ccccc3)cc2)C=Nc2cc3ccccc3cc2N/C=C\1[n+]1ccc(Cc2ccccc2)cc1.[O-][Cl+3]([O-])([O-])[O-].[O-][Cl+3]([O-])([O-])[O-]. The molecule has 0 radical (unpaired) electrons. The average Bonchev–Trinajstić information content (AvgIpc) is 3.29. The van der Waals surface area contributed by atoms with Gasteiger partial charge in [0.1, 0.15) is 12.4 Å². The van der Waals surface area contributed by atoms with E-state index >= 15 is 0 Å². The number of pyridine rings is 2. The number of halogens is 2. The van der Waals surface area contributed by atoms with Crippen LogP contribution in [0.25, 0.3) is 32.9 Å². The molecular formula is C50H40Cl2N6O8. The first-order valence-electron chi connectivity index (χ1n) is 20.1. The minimum absolute atomic E-state index is 0.815. The molecule has 1 aliphatic rings. The molecule has 0 spiro atoms. The van der Waals surface area contributed by atoms with Gasteiger partial charge in [-0.3, -0.25) is 0 Å². The lowest BCUT2D eigenvalue weighted by Gasteiger charge is -2.17. The summed E-state index contributed by atoms with van der Waals surface area (Å²) in [6.45, 7) is 0. The Morgan fingerprint density at radius 3 is 1.00 bits per heavy atom. The van der Waals surface area contributed by atoms with E-state index in [9.17, 15) is 0 Å². The Hall–Kier alpha value is -7.18. The summed E-state index contributed by atoms with van der Waals surface area (Å²) >= 11 is 0. The van der Waals surface area contributed by atoms with Crippen molar-refractivity contribution in [1.82, 2.24) is 0 Å². The highest BCUT2D eigenvalue weighted by molar-refractivity contribution is 6.04. The molecule has 2 N–H and O–H groups in total. The highest BCUT2D eigenvalue weighted by Gasteiger charge is 2.15. The van der Waals surface area contributed by atoms with Crippen LogP contribution >= 0.6 is 0 Å². The molecule has 0 aliphatic carbocycles. The molecule has 0 saturated carbocycles. The van der Waals surface area contributed by atoms with Gasteiger partial charge in [0, 0.05) is 24.3 Å². The minimum atomic E-state index is -4.94. The molecule has 16 heteroatoms. The molecule has 66 heavy (non-hydrogen) atoms. The van der Waals surface area contributed by atoms with Gasteiger partial charge in [0.05, 0.1) is 35.1 Å². The first kappa shape index (κ1) is 46.8. The van der Waals surface area contributed by atoms with Crippen molar-refractivity contribution in [1.29, 1.82) is 0 Å². The summed E-state index contributed by atoms with van der Waals surface area (Å²) in [6.07, 6.45) is 17.9. The van der Waals surface area contributed by atoms with E-state index in [1.165, 1.54) is 22.3 Å². The number of nitrogens with one attached hydrogen (secondary N) is 2. The number of hydrogen-bond acceptors (Lipinski definition) is 12. The van der Waals surface area contributed by atoms with Crippen LogP contribution in [0.15, 0.2) is 205 Å². The van der Waals surface area contributed by atoms with Crippen molar-refractivity contribution in [3.05, 3.63) is 217 Å². The monoisotopic (exact) mass is 922 g/mol. The van der Waals surface area contributed by atoms with E-state index in [0.717, 1.165) is 68.5 Å². The van der Waals surface area contributed by atoms with Crippen LogP contribution < -0.4 is 57.0 Å². The van der Waals surface area contributed by atoms with E-state index in [4.69, 9.17) is 47.3 Å². The number of rotatable bonds is 6. The summed E-state index contributed by atoms with van der Waals surface area (Å²) in [7, 11) is -9.89. The fraction of sp³-hybridized carbons (Fsp3) is 0.0400. The number of fused-ring (bicyclic) bond motifs is 4. The average molecular weight is 924 g/mol. The molecule has 0 saturated heterocycles. The van der Waals surface area contributed by atoms with Gasteiger partial charge in [-0.2, -0.15) is 9.13 Å². The zero-order valence-corrected chi connectivity index (χ0v) is 36.4. The van der Waals surface area contributed by atoms with E-state index in [1.54, 1.807) is 0 Å². The van der Waals surface area contributed by atoms with Gasteiger partial charge in [-0.25, -0.2) is 47.3 Å². The van der Waals surface area contributed by atoms with E-state index < -0.39 is 20.5 Å². The van der Waals surface area contributed by atoms with Crippen molar-refractivity contribution < 1.29 is 66.9 Å². The Balaban J connectivity index is 0.000000588. The third kappa shape index (κ3) is 14.4. The molecule has 1 aliphatic heterocycles. The molecule has 0 bridgehead atoms. The maximum Gasteiger partial charge on any atom is 0.245 e. The molecule has 14 nitrogen and oxygen atoms in total.